The summed E-state index contributed by atoms with van der Waals surface area (Å²) < 4.78 is 0. The van der Waals surface area contributed by atoms with Crippen LogP contribution in [0.15, 0.2) is 103 Å². The minimum absolute atomic E-state index is 1.11. The van der Waals surface area contributed by atoms with Crippen LogP contribution in [-0.4, -0.2) is 0 Å². The normalized spacial score (nSPS) is 14.5. The van der Waals surface area contributed by atoms with Crippen LogP contribution in [0.3, 0.4) is 0 Å². The van der Waals surface area contributed by atoms with Gasteiger partial charge in [0, 0.05) is 0 Å². The Labute approximate surface area is 160 Å². The van der Waals surface area contributed by atoms with Crippen molar-refractivity contribution in [3.05, 3.63) is 114 Å². The highest BCUT2D eigenvalue weighted by Crippen LogP contribution is 2.27. The molecule has 0 bridgehead atoms. The summed E-state index contributed by atoms with van der Waals surface area (Å²) in [5.41, 5.74) is 7.59. The summed E-state index contributed by atoms with van der Waals surface area (Å²) >= 11 is 0. The van der Waals surface area contributed by atoms with Gasteiger partial charge in [0.05, 0.1) is 0 Å². The molecule has 1 aromatic rings. The van der Waals surface area contributed by atoms with E-state index in [4.69, 9.17) is 0 Å². The van der Waals surface area contributed by atoms with Crippen molar-refractivity contribution in [2.75, 3.05) is 0 Å². The number of aryl methyl sites for hydroxylation is 1. The van der Waals surface area contributed by atoms with E-state index in [1.165, 1.54) is 27.8 Å². The van der Waals surface area contributed by atoms with E-state index < -0.39 is 0 Å². The Bertz CT molecular complexity index is 744. The average Bonchev–Trinajstić information content (AvgIpc) is 2.62. The molecule has 0 radical (unpaired) electrons. The van der Waals surface area contributed by atoms with E-state index in [2.05, 4.69) is 81.7 Å². The van der Waals surface area contributed by atoms with E-state index in [1.807, 2.05) is 32.1 Å². The second-order valence-corrected chi connectivity index (χ2v) is 6.56. The van der Waals surface area contributed by atoms with Crippen LogP contribution < -0.4 is 0 Å². The molecule has 0 saturated heterocycles. The molecule has 0 aliphatic heterocycles. The molecule has 0 fully saturated rings. The van der Waals surface area contributed by atoms with Gasteiger partial charge in [0.2, 0.25) is 0 Å². The molecule has 1 aromatic carbocycles. The van der Waals surface area contributed by atoms with Crippen LogP contribution in [0.5, 0.6) is 0 Å². The lowest BCUT2D eigenvalue weighted by molar-refractivity contribution is 0.991. The predicted molar refractivity (Wildman–Crippen MR) is 119 cm³/mol. The van der Waals surface area contributed by atoms with Crippen molar-refractivity contribution in [2.45, 2.75) is 40.5 Å². The van der Waals surface area contributed by atoms with Crippen molar-refractivity contribution >= 4 is 5.57 Å². The molecule has 0 saturated carbocycles. The smallest absolute Gasteiger partial charge is 0.0152 e. The molecule has 0 unspecified atom stereocenters. The fourth-order valence-electron chi connectivity index (χ4n) is 2.64. The van der Waals surface area contributed by atoms with Crippen LogP contribution in [0.25, 0.3) is 5.57 Å². The lowest BCUT2D eigenvalue weighted by atomic mass is 9.93. The van der Waals surface area contributed by atoms with Gasteiger partial charge in [0.25, 0.3) is 0 Å². The van der Waals surface area contributed by atoms with Crippen LogP contribution in [0.2, 0.25) is 0 Å². The maximum absolute atomic E-state index is 3.81. The van der Waals surface area contributed by atoms with Crippen LogP contribution in [-0.2, 0) is 0 Å². The van der Waals surface area contributed by atoms with Crippen molar-refractivity contribution in [1.29, 1.82) is 0 Å². The number of benzene rings is 1. The molecule has 0 amide bonds. The lowest BCUT2D eigenvalue weighted by Crippen LogP contribution is -1.91. The molecule has 0 N–H and O–H groups in total. The molecule has 0 heteroatoms. The van der Waals surface area contributed by atoms with Crippen LogP contribution >= 0.6 is 0 Å². The van der Waals surface area contributed by atoms with Gasteiger partial charge in [-0.05, 0) is 62.8 Å². The highest BCUT2D eigenvalue weighted by Gasteiger charge is 2.06. The summed E-state index contributed by atoms with van der Waals surface area (Å²) in [5.74, 6) is 0. The summed E-state index contributed by atoms with van der Waals surface area (Å²) in [6.07, 6.45) is 19.0. The standard InChI is InChI=1S/C20H22.C6H10/c1-4-8-17(3)20(15-18-9-6-5-7-10-18)19-13-11-16(2)12-14-19;1-4-5-6(2)3/h4-6,8-9,11-15H,1,7,10H2,2-3H3;4-5H,2H2,1,3H3/b17-8+,20-15-;5-4-. The van der Waals surface area contributed by atoms with Crippen molar-refractivity contribution in [1.82, 2.24) is 0 Å². The van der Waals surface area contributed by atoms with Gasteiger partial charge in [-0.15, -0.1) is 0 Å². The Kier molecular flexibility index (Phi) is 9.79. The summed E-state index contributed by atoms with van der Waals surface area (Å²) in [6, 6.07) is 8.72. The first kappa shape index (κ1) is 21.4. The summed E-state index contributed by atoms with van der Waals surface area (Å²) in [6.45, 7) is 15.7. The summed E-state index contributed by atoms with van der Waals surface area (Å²) in [7, 11) is 0. The molecule has 0 atom stereocenters. The fourth-order valence-corrected chi connectivity index (χ4v) is 2.64. The van der Waals surface area contributed by atoms with E-state index in [0.717, 1.165) is 18.4 Å². The number of hydrogen-bond acceptors (Lipinski definition) is 0. The van der Waals surface area contributed by atoms with E-state index in [9.17, 15) is 0 Å². The Balaban J connectivity index is 0.000000487. The van der Waals surface area contributed by atoms with E-state index in [1.54, 1.807) is 0 Å². The van der Waals surface area contributed by atoms with Crippen LogP contribution in [0.4, 0.5) is 0 Å². The van der Waals surface area contributed by atoms with E-state index in [-0.39, 0.29) is 0 Å². The first-order chi connectivity index (χ1) is 12.5. The zero-order valence-corrected chi connectivity index (χ0v) is 16.8. The minimum Gasteiger partial charge on any atom is -0.0991 e. The third-order valence-electron chi connectivity index (χ3n) is 3.98. The van der Waals surface area contributed by atoms with Crippen molar-refractivity contribution < 1.29 is 0 Å². The van der Waals surface area contributed by atoms with Gasteiger partial charge in [-0.3, -0.25) is 0 Å². The van der Waals surface area contributed by atoms with Crippen molar-refractivity contribution in [2.24, 2.45) is 0 Å². The quantitative estimate of drug-likeness (QED) is 0.476. The Hall–Kier alpha value is -2.60. The average molecular weight is 345 g/mol. The van der Waals surface area contributed by atoms with Crippen LogP contribution in [0, 0.1) is 6.92 Å². The Morgan fingerprint density at radius 3 is 2.27 bits per heavy atom. The zero-order valence-electron chi connectivity index (χ0n) is 16.8. The van der Waals surface area contributed by atoms with Gasteiger partial charge in [-0.1, -0.05) is 97.2 Å². The highest BCUT2D eigenvalue weighted by molar-refractivity contribution is 5.80. The van der Waals surface area contributed by atoms with Crippen molar-refractivity contribution in [3.8, 4) is 0 Å². The first-order valence-corrected chi connectivity index (χ1v) is 9.20. The first-order valence-electron chi connectivity index (χ1n) is 9.20. The zero-order chi connectivity index (χ0) is 19.4. The molecule has 2 rings (SSSR count). The SMILES string of the molecule is C=C(C)/C=C\C.C=C/C=C(C)/C(=C/C1=CC=CCC1)c1ccc(C)cc1. The van der Waals surface area contributed by atoms with Gasteiger partial charge >= 0.3 is 0 Å². The topological polar surface area (TPSA) is 0 Å². The predicted octanol–water partition coefficient (Wildman–Crippen LogP) is 7.93. The molecular weight excluding hydrogens is 312 g/mol. The molecule has 26 heavy (non-hydrogen) atoms. The fraction of sp³-hybridized carbons (Fsp3) is 0.231. The summed E-state index contributed by atoms with van der Waals surface area (Å²) in [5, 5.41) is 0. The maximum atomic E-state index is 3.81. The molecule has 1 aliphatic carbocycles. The second kappa shape index (κ2) is 11.9. The molecule has 0 heterocycles. The molecule has 136 valence electrons. The monoisotopic (exact) mass is 344 g/mol. The van der Waals surface area contributed by atoms with E-state index in [0.29, 0.717) is 0 Å². The van der Waals surface area contributed by atoms with Gasteiger partial charge < -0.3 is 0 Å². The Morgan fingerprint density at radius 2 is 1.81 bits per heavy atom. The highest BCUT2D eigenvalue weighted by atomic mass is 14.1. The van der Waals surface area contributed by atoms with Gasteiger partial charge in [-0.25, -0.2) is 0 Å². The third-order valence-corrected chi connectivity index (χ3v) is 3.98. The largest absolute Gasteiger partial charge is 0.0991 e. The second-order valence-electron chi connectivity index (χ2n) is 6.56. The number of hydrogen-bond donors (Lipinski definition) is 0. The summed E-state index contributed by atoms with van der Waals surface area (Å²) in [4.78, 5) is 0. The maximum Gasteiger partial charge on any atom is -0.0152 e. The molecule has 0 nitrogen and oxygen atoms in total. The van der Waals surface area contributed by atoms with Gasteiger partial charge in [0.1, 0.15) is 0 Å². The van der Waals surface area contributed by atoms with Crippen molar-refractivity contribution in [3.63, 3.8) is 0 Å². The molecule has 0 spiro atoms. The number of rotatable bonds is 5. The Morgan fingerprint density at radius 1 is 1.12 bits per heavy atom. The molecule has 1 aliphatic rings. The molecular formula is C26H32. The lowest BCUT2D eigenvalue weighted by Gasteiger charge is -2.12. The van der Waals surface area contributed by atoms with E-state index >= 15 is 0 Å². The number of allylic oxidation sites excluding steroid dienone is 12. The van der Waals surface area contributed by atoms with Crippen LogP contribution in [0.1, 0.15) is 44.7 Å². The minimum atomic E-state index is 1.11. The third kappa shape index (κ3) is 7.98. The van der Waals surface area contributed by atoms with Gasteiger partial charge in [-0.2, -0.15) is 0 Å². The molecule has 0 aromatic heterocycles. The van der Waals surface area contributed by atoms with Gasteiger partial charge in [0.15, 0.2) is 0 Å².